The zero-order chi connectivity index (χ0) is 14.4. The minimum absolute atomic E-state index is 0.0470. The van der Waals surface area contributed by atoms with Gasteiger partial charge in [0.25, 0.3) is 5.91 Å². The summed E-state index contributed by atoms with van der Waals surface area (Å²) in [4.78, 5) is 17.0. The molecule has 1 aliphatic rings. The molecule has 1 amide bonds. The zero-order valence-electron chi connectivity index (χ0n) is 11.5. The van der Waals surface area contributed by atoms with E-state index in [0.717, 1.165) is 22.2 Å². The van der Waals surface area contributed by atoms with E-state index in [9.17, 15) is 4.79 Å². The lowest BCUT2D eigenvalue weighted by molar-refractivity contribution is -0.127. The number of aromatic amines is 1. The number of nitrogens with one attached hydrogen (secondary N) is 2. The summed E-state index contributed by atoms with van der Waals surface area (Å²) >= 11 is 6.20. The highest BCUT2D eigenvalue weighted by atomic mass is 35.5. The lowest BCUT2D eigenvalue weighted by Gasteiger charge is -2.09. The number of rotatable bonds is 2. The maximum atomic E-state index is 12.1. The first-order valence-corrected chi connectivity index (χ1v) is 6.85. The van der Waals surface area contributed by atoms with Gasteiger partial charge in [-0.15, -0.1) is 0 Å². The number of likely N-dealkylation sites (N-methyl/N-ethyl adjacent to an activating group) is 1. The summed E-state index contributed by atoms with van der Waals surface area (Å²) in [5.41, 5.74) is 3.10. The Morgan fingerprint density at radius 3 is 2.85 bits per heavy atom. The van der Waals surface area contributed by atoms with Crippen molar-refractivity contribution in [3.05, 3.63) is 46.9 Å². The van der Waals surface area contributed by atoms with Crippen molar-refractivity contribution in [1.82, 2.24) is 15.2 Å². The molecule has 0 spiro atoms. The van der Waals surface area contributed by atoms with Crippen LogP contribution in [0.25, 0.3) is 10.9 Å². The molecule has 2 N–H and O–H groups in total. The number of para-hydroxylation sites is 1. The average molecular weight is 290 g/mol. The van der Waals surface area contributed by atoms with Gasteiger partial charge in [0.15, 0.2) is 0 Å². The molecule has 20 heavy (non-hydrogen) atoms. The Labute approximate surface area is 122 Å². The normalized spacial score (nSPS) is 18.9. The third-order valence-electron chi connectivity index (χ3n) is 3.89. The molecule has 1 saturated heterocycles. The first kappa shape index (κ1) is 13.1. The molecule has 2 aromatic rings. The number of carbonyl (C=O) groups is 1. The van der Waals surface area contributed by atoms with Gasteiger partial charge in [0, 0.05) is 24.5 Å². The number of H-pyrrole nitrogens is 1. The monoisotopic (exact) mass is 289 g/mol. The van der Waals surface area contributed by atoms with Crippen LogP contribution in [0.4, 0.5) is 0 Å². The average Bonchev–Trinajstić information content (AvgIpc) is 2.85. The van der Waals surface area contributed by atoms with Crippen molar-refractivity contribution in [2.24, 2.45) is 0 Å². The molecule has 3 rings (SSSR count). The van der Waals surface area contributed by atoms with Crippen LogP contribution < -0.4 is 5.32 Å². The minimum atomic E-state index is -0.260. The van der Waals surface area contributed by atoms with Crippen LogP contribution in [0.1, 0.15) is 11.3 Å². The van der Waals surface area contributed by atoms with E-state index in [1.165, 1.54) is 0 Å². The Morgan fingerprint density at radius 1 is 1.45 bits per heavy atom. The Kier molecular flexibility index (Phi) is 2.98. The molecular formula is C15H16ClN3O. The van der Waals surface area contributed by atoms with E-state index in [-0.39, 0.29) is 11.9 Å². The molecule has 1 aromatic carbocycles. The number of benzene rings is 1. The van der Waals surface area contributed by atoms with Crippen LogP contribution in [0, 0.1) is 6.92 Å². The molecule has 0 radical (unpaired) electrons. The fraction of sp³-hybridized carbons (Fsp3) is 0.267. The standard InChI is InChI=1S/C15H16ClN3O/c1-8-11(7-13-15(20)19(3)9(2)18-13)10-5-4-6-12(16)14(10)17-8/h4-6,13,17-18H,2,7H2,1,3H3. The van der Waals surface area contributed by atoms with Gasteiger partial charge in [-0.2, -0.15) is 0 Å². The van der Waals surface area contributed by atoms with Gasteiger partial charge in [0.1, 0.15) is 11.9 Å². The predicted octanol–water partition coefficient (Wildman–Crippen LogP) is 2.57. The Hall–Kier alpha value is -1.94. The first-order chi connectivity index (χ1) is 9.49. The molecule has 4 nitrogen and oxygen atoms in total. The van der Waals surface area contributed by atoms with Gasteiger partial charge >= 0.3 is 0 Å². The predicted molar refractivity (Wildman–Crippen MR) is 80.6 cm³/mol. The van der Waals surface area contributed by atoms with E-state index in [1.807, 2.05) is 25.1 Å². The Bertz CT molecular complexity index is 719. The van der Waals surface area contributed by atoms with Gasteiger partial charge < -0.3 is 15.2 Å². The molecule has 1 atom stereocenters. The summed E-state index contributed by atoms with van der Waals surface area (Å²) in [6.45, 7) is 5.83. The molecule has 1 aliphatic heterocycles. The minimum Gasteiger partial charge on any atom is -0.360 e. The van der Waals surface area contributed by atoms with Crippen LogP contribution in [0.5, 0.6) is 0 Å². The summed E-state index contributed by atoms with van der Waals surface area (Å²) in [5, 5.41) is 4.91. The third-order valence-corrected chi connectivity index (χ3v) is 4.20. The maximum Gasteiger partial charge on any atom is 0.250 e. The molecule has 1 unspecified atom stereocenters. The highest BCUT2D eigenvalue weighted by Gasteiger charge is 2.32. The molecule has 0 bridgehead atoms. The Morgan fingerprint density at radius 2 is 2.20 bits per heavy atom. The number of aryl methyl sites for hydroxylation is 1. The smallest absolute Gasteiger partial charge is 0.250 e. The van der Waals surface area contributed by atoms with Crippen LogP contribution in [0.2, 0.25) is 5.02 Å². The molecule has 0 saturated carbocycles. The van der Waals surface area contributed by atoms with Crippen molar-refractivity contribution in [1.29, 1.82) is 0 Å². The second kappa shape index (κ2) is 4.56. The van der Waals surface area contributed by atoms with E-state index in [4.69, 9.17) is 11.6 Å². The van der Waals surface area contributed by atoms with Crippen molar-refractivity contribution in [2.45, 2.75) is 19.4 Å². The van der Waals surface area contributed by atoms with Gasteiger partial charge in [-0.3, -0.25) is 4.79 Å². The fourth-order valence-corrected chi connectivity index (χ4v) is 2.92. The summed E-state index contributed by atoms with van der Waals surface area (Å²) in [5.74, 6) is 0.696. The number of aromatic nitrogens is 1. The highest BCUT2D eigenvalue weighted by Crippen LogP contribution is 2.29. The van der Waals surface area contributed by atoms with Crippen molar-refractivity contribution in [2.75, 3.05) is 7.05 Å². The number of nitrogens with zero attached hydrogens (tertiary/aromatic N) is 1. The maximum absolute atomic E-state index is 12.1. The highest BCUT2D eigenvalue weighted by molar-refractivity contribution is 6.35. The van der Waals surface area contributed by atoms with Gasteiger partial charge in [0.05, 0.1) is 10.5 Å². The van der Waals surface area contributed by atoms with E-state index >= 15 is 0 Å². The topological polar surface area (TPSA) is 48.1 Å². The zero-order valence-corrected chi connectivity index (χ0v) is 12.2. The van der Waals surface area contributed by atoms with Gasteiger partial charge in [-0.1, -0.05) is 30.3 Å². The lowest BCUT2D eigenvalue weighted by atomic mass is 10.0. The first-order valence-electron chi connectivity index (χ1n) is 6.47. The SMILES string of the molecule is C=C1NC(Cc2c(C)[nH]c3c(Cl)cccc23)C(=O)N1C. The largest absolute Gasteiger partial charge is 0.360 e. The quantitative estimate of drug-likeness (QED) is 0.893. The Balaban J connectivity index is 2.00. The summed E-state index contributed by atoms with van der Waals surface area (Å²) in [7, 11) is 1.73. The van der Waals surface area contributed by atoms with E-state index in [1.54, 1.807) is 11.9 Å². The number of hydrogen-bond donors (Lipinski definition) is 2. The van der Waals surface area contributed by atoms with E-state index in [0.29, 0.717) is 17.3 Å². The molecule has 1 aromatic heterocycles. The molecule has 5 heteroatoms. The van der Waals surface area contributed by atoms with Crippen LogP contribution in [0.15, 0.2) is 30.6 Å². The van der Waals surface area contributed by atoms with Crippen LogP contribution >= 0.6 is 11.6 Å². The fourth-order valence-electron chi connectivity index (χ4n) is 2.70. The molecular weight excluding hydrogens is 274 g/mol. The third kappa shape index (κ3) is 1.88. The van der Waals surface area contributed by atoms with Crippen LogP contribution in [0.3, 0.4) is 0 Å². The number of hydrogen-bond acceptors (Lipinski definition) is 2. The summed E-state index contributed by atoms with van der Waals surface area (Å²) in [6, 6.07) is 5.55. The van der Waals surface area contributed by atoms with E-state index in [2.05, 4.69) is 16.9 Å². The van der Waals surface area contributed by atoms with Crippen molar-refractivity contribution >= 4 is 28.4 Å². The molecule has 1 fully saturated rings. The summed E-state index contributed by atoms with van der Waals surface area (Å²) < 4.78 is 0. The van der Waals surface area contributed by atoms with Crippen molar-refractivity contribution in [3.63, 3.8) is 0 Å². The second-order valence-corrected chi connectivity index (χ2v) is 5.54. The lowest BCUT2D eigenvalue weighted by Crippen LogP contribution is -2.31. The van der Waals surface area contributed by atoms with Gasteiger partial charge in [-0.25, -0.2) is 0 Å². The van der Waals surface area contributed by atoms with Crippen molar-refractivity contribution in [3.8, 4) is 0 Å². The summed E-state index contributed by atoms with van der Waals surface area (Å²) in [6.07, 6.45) is 0.619. The van der Waals surface area contributed by atoms with Crippen LogP contribution in [-0.2, 0) is 11.2 Å². The van der Waals surface area contributed by atoms with Crippen molar-refractivity contribution < 1.29 is 4.79 Å². The molecule has 2 heterocycles. The second-order valence-electron chi connectivity index (χ2n) is 5.14. The molecule has 0 aliphatic carbocycles. The van der Waals surface area contributed by atoms with Gasteiger partial charge in [0.2, 0.25) is 0 Å². The number of amides is 1. The van der Waals surface area contributed by atoms with Gasteiger partial charge in [-0.05, 0) is 18.6 Å². The number of halogens is 1. The number of carbonyl (C=O) groups excluding carboxylic acids is 1. The molecule has 104 valence electrons. The van der Waals surface area contributed by atoms with Crippen LogP contribution in [-0.4, -0.2) is 28.9 Å². The number of fused-ring (bicyclic) bond motifs is 1. The van der Waals surface area contributed by atoms with E-state index < -0.39 is 0 Å².